The Morgan fingerprint density at radius 1 is 1.37 bits per heavy atom. The number of nitrogens with zero attached hydrogens (tertiary/aromatic N) is 2. The molecule has 1 N–H and O–H groups in total. The second-order valence-corrected chi connectivity index (χ2v) is 5.91. The summed E-state index contributed by atoms with van der Waals surface area (Å²) in [5.74, 6) is 0.900. The Labute approximate surface area is 117 Å². The summed E-state index contributed by atoms with van der Waals surface area (Å²) in [5.41, 5.74) is 1.07. The Kier molecular flexibility index (Phi) is 3.68. The molecule has 0 spiro atoms. The van der Waals surface area contributed by atoms with Gasteiger partial charge in [0.05, 0.1) is 23.4 Å². The number of hydrogen-bond donors (Lipinski definition) is 1. The first kappa shape index (κ1) is 12.8. The number of aromatic nitrogens is 1. The molecule has 102 valence electrons. The highest BCUT2D eigenvalue weighted by Crippen LogP contribution is 2.31. The van der Waals surface area contributed by atoms with Crippen molar-refractivity contribution in [2.24, 2.45) is 0 Å². The van der Waals surface area contributed by atoms with Gasteiger partial charge in [0.15, 0.2) is 0 Å². The lowest BCUT2D eigenvalue weighted by molar-refractivity contribution is 0.185. The molecule has 1 aliphatic rings. The third kappa shape index (κ3) is 2.59. The first-order chi connectivity index (χ1) is 9.28. The van der Waals surface area contributed by atoms with Crippen LogP contribution in [-0.4, -0.2) is 43.2 Å². The molecule has 1 atom stereocenters. The van der Waals surface area contributed by atoms with Crippen molar-refractivity contribution in [1.82, 2.24) is 15.2 Å². The minimum Gasteiger partial charge on any atom is -0.497 e. The lowest BCUT2D eigenvalue weighted by Crippen LogP contribution is -2.44. The Morgan fingerprint density at radius 3 is 2.89 bits per heavy atom. The highest BCUT2D eigenvalue weighted by molar-refractivity contribution is 7.18. The van der Waals surface area contributed by atoms with E-state index in [4.69, 9.17) is 9.72 Å². The lowest BCUT2D eigenvalue weighted by atomic mass is 10.2. The van der Waals surface area contributed by atoms with Gasteiger partial charge in [0.25, 0.3) is 0 Å². The zero-order valence-electron chi connectivity index (χ0n) is 11.3. The zero-order valence-corrected chi connectivity index (χ0v) is 12.2. The standard InChI is InChI=1S/C14H19N3OS/c1-10(17-7-5-15-6-8-17)14-16-12-4-3-11(18-2)9-13(12)19-14/h3-4,9-10,15H,5-8H2,1-2H3. The number of benzene rings is 1. The van der Waals surface area contributed by atoms with Crippen LogP contribution < -0.4 is 10.1 Å². The lowest BCUT2D eigenvalue weighted by Gasteiger charge is -2.31. The van der Waals surface area contributed by atoms with E-state index in [-0.39, 0.29) is 0 Å². The maximum Gasteiger partial charge on any atom is 0.120 e. The SMILES string of the molecule is COc1ccc2nc(C(C)N3CCNCC3)sc2c1. The van der Waals surface area contributed by atoms with Gasteiger partial charge in [0.2, 0.25) is 0 Å². The molecule has 19 heavy (non-hydrogen) atoms. The molecule has 0 radical (unpaired) electrons. The first-order valence-corrected chi connectivity index (χ1v) is 7.49. The van der Waals surface area contributed by atoms with Gasteiger partial charge in [0.1, 0.15) is 10.8 Å². The number of hydrogen-bond acceptors (Lipinski definition) is 5. The van der Waals surface area contributed by atoms with Crippen LogP contribution in [-0.2, 0) is 0 Å². The minimum atomic E-state index is 0.394. The van der Waals surface area contributed by atoms with Crippen LogP contribution >= 0.6 is 11.3 Å². The summed E-state index contributed by atoms with van der Waals surface area (Å²) < 4.78 is 6.47. The molecule has 0 bridgehead atoms. The van der Waals surface area contributed by atoms with Gasteiger partial charge < -0.3 is 10.1 Å². The Bertz CT molecular complexity index is 563. The van der Waals surface area contributed by atoms with Crippen LogP contribution in [0, 0.1) is 0 Å². The van der Waals surface area contributed by atoms with Crippen molar-refractivity contribution in [2.75, 3.05) is 33.3 Å². The van der Waals surface area contributed by atoms with Gasteiger partial charge in [-0.15, -0.1) is 11.3 Å². The molecule has 4 nitrogen and oxygen atoms in total. The molecule has 1 fully saturated rings. The molecule has 0 aliphatic carbocycles. The molecule has 1 aromatic heterocycles. The van der Waals surface area contributed by atoms with Crippen LogP contribution in [0.4, 0.5) is 0 Å². The van der Waals surface area contributed by atoms with Gasteiger partial charge in [-0.3, -0.25) is 4.90 Å². The van der Waals surface area contributed by atoms with Gasteiger partial charge in [0, 0.05) is 26.2 Å². The third-order valence-corrected chi connectivity index (χ3v) is 4.86. The monoisotopic (exact) mass is 277 g/mol. The smallest absolute Gasteiger partial charge is 0.120 e. The highest BCUT2D eigenvalue weighted by Gasteiger charge is 2.20. The number of nitrogens with one attached hydrogen (secondary N) is 1. The molecule has 0 amide bonds. The van der Waals surface area contributed by atoms with Crippen molar-refractivity contribution in [1.29, 1.82) is 0 Å². The maximum absolute atomic E-state index is 5.27. The molecule has 2 aromatic rings. The summed E-state index contributed by atoms with van der Waals surface area (Å²) in [7, 11) is 1.70. The van der Waals surface area contributed by atoms with E-state index in [9.17, 15) is 0 Å². The topological polar surface area (TPSA) is 37.4 Å². The van der Waals surface area contributed by atoms with Gasteiger partial charge in [-0.25, -0.2) is 4.98 Å². The molecule has 1 aliphatic heterocycles. The Balaban J connectivity index is 1.87. The van der Waals surface area contributed by atoms with E-state index in [1.165, 1.54) is 9.71 Å². The summed E-state index contributed by atoms with van der Waals surface area (Å²) >= 11 is 1.78. The summed E-state index contributed by atoms with van der Waals surface area (Å²) in [6.07, 6.45) is 0. The average Bonchev–Trinajstić information content (AvgIpc) is 2.90. The number of ether oxygens (including phenoxy) is 1. The van der Waals surface area contributed by atoms with Crippen LogP contribution in [0.5, 0.6) is 5.75 Å². The van der Waals surface area contributed by atoms with Gasteiger partial charge in [-0.2, -0.15) is 0 Å². The Hall–Kier alpha value is -1.17. The van der Waals surface area contributed by atoms with E-state index >= 15 is 0 Å². The molecule has 1 aromatic carbocycles. The normalized spacial score (nSPS) is 18.6. The fourth-order valence-corrected chi connectivity index (χ4v) is 3.54. The van der Waals surface area contributed by atoms with Crippen molar-refractivity contribution >= 4 is 21.6 Å². The second kappa shape index (κ2) is 5.45. The van der Waals surface area contributed by atoms with Crippen molar-refractivity contribution in [3.05, 3.63) is 23.2 Å². The minimum absolute atomic E-state index is 0.394. The van der Waals surface area contributed by atoms with Crippen LogP contribution in [0.2, 0.25) is 0 Å². The quantitative estimate of drug-likeness (QED) is 0.934. The molecule has 5 heteroatoms. The molecule has 1 unspecified atom stereocenters. The van der Waals surface area contributed by atoms with E-state index in [0.717, 1.165) is 37.4 Å². The van der Waals surface area contributed by atoms with Crippen molar-refractivity contribution in [3.8, 4) is 5.75 Å². The maximum atomic E-state index is 5.27. The van der Waals surface area contributed by atoms with E-state index in [1.54, 1.807) is 18.4 Å². The van der Waals surface area contributed by atoms with Crippen LogP contribution in [0.15, 0.2) is 18.2 Å². The molecule has 2 heterocycles. The van der Waals surface area contributed by atoms with Crippen molar-refractivity contribution < 1.29 is 4.74 Å². The molecular weight excluding hydrogens is 258 g/mol. The number of thiazole rings is 1. The van der Waals surface area contributed by atoms with Crippen molar-refractivity contribution in [2.45, 2.75) is 13.0 Å². The molecule has 0 saturated carbocycles. The third-order valence-electron chi connectivity index (χ3n) is 3.67. The van der Waals surface area contributed by atoms with Crippen LogP contribution in [0.25, 0.3) is 10.2 Å². The van der Waals surface area contributed by atoms with E-state index in [1.807, 2.05) is 12.1 Å². The fourth-order valence-electron chi connectivity index (χ4n) is 2.45. The van der Waals surface area contributed by atoms with Crippen LogP contribution in [0.3, 0.4) is 0 Å². The van der Waals surface area contributed by atoms with E-state index < -0.39 is 0 Å². The van der Waals surface area contributed by atoms with Gasteiger partial charge >= 0.3 is 0 Å². The fraction of sp³-hybridized carbons (Fsp3) is 0.500. The van der Waals surface area contributed by atoms with Crippen molar-refractivity contribution in [3.63, 3.8) is 0 Å². The Morgan fingerprint density at radius 2 is 2.16 bits per heavy atom. The number of rotatable bonds is 3. The number of fused-ring (bicyclic) bond motifs is 1. The number of piperazine rings is 1. The van der Waals surface area contributed by atoms with Crippen LogP contribution in [0.1, 0.15) is 18.0 Å². The summed E-state index contributed by atoms with van der Waals surface area (Å²) in [6, 6.07) is 6.48. The van der Waals surface area contributed by atoms with Gasteiger partial charge in [-0.05, 0) is 25.1 Å². The predicted molar refractivity (Wildman–Crippen MR) is 79.0 cm³/mol. The second-order valence-electron chi connectivity index (χ2n) is 4.85. The highest BCUT2D eigenvalue weighted by atomic mass is 32.1. The average molecular weight is 277 g/mol. The van der Waals surface area contributed by atoms with Gasteiger partial charge in [-0.1, -0.05) is 0 Å². The molecule has 3 rings (SSSR count). The largest absolute Gasteiger partial charge is 0.497 e. The molecular formula is C14H19N3OS. The molecule has 1 saturated heterocycles. The number of methoxy groups -OCH3 is 1. The summed E-state index contributed by atoms with van der Waals surface area (Å²) in [6.45, 7) is 6.59. The summed E-state index contributed by atoms with van der Waals surface area (Å²) in [4.78, 5) is 7.26. The van der Waals surface area contributed by atoms with E-state index in [0.29, 0.717) is 6.04 Å². The predicted octanol–water partition coefficient (Wildman–Crippen LogP) is 2.27. The van der Waals surface area contributed by atoms with E-state index in [2.05, 4.69) is 23.2 Å². The first-order valence-electron chi connectivity index (χ1n) is 6.67. The zero-order chi connectivity index (χ0) is 13.2. The summed E-state index contributed by atoms with van der Waals surface area (Å²) in [5, 5.41) is 4.59.